The minimum atomic E-state index is 0.333. The third kappa shape index (κ3) is 1.60. The summed E-state index contributed by atoms with van der Waals surface area (Å²) in [5.74, 6) is 1.66. The second-order valence-corrected chi connectivity index (χ2v) is 6.02. The van der Waals surface area contributed by atoms with E-state index < -0.39 is 0 Å². The van der Waals surface area contributed by atoms with Crippen molar-refractivity contribution in [1.82, 2.24) is 4.57 Å². The van der Waals surface area contributed by atoms with E-state index in [9.17, 15) is 10.2 Å². The van der Waals surface area contributed by atoms with Crippen molar-refractivity contribution in [2.45, 2.75) is 50.5 Å². The first-order valence-electron chi connectivity index (χ1n) is 6.44. The number of halogens is 1. The van der Waals surface area contributed by atoms with Crippen LogP contribution in [-0.4, -0.2) is 20.1 Å². The fraction of sp³-hybridized carbons (Fsp3) is 0.692. The van der Waals surface area contributed by atoms with Gasteiger partial charge in [0.05, 0.1) is 0 Å². The fourth-order valence-corrected chi connectivity index (χ4v) is 3.92. The van der Waals surface area contributed by atoms with Gasteiger partial charge in [0.2, 0.25) is 0 Å². The maximum absolute atomic E-state index is 10.2. The SMILES string of the molecule is Oc1c2c(c(O)n1CCCCBr)[C@H]1CC[C@@H]2C1. The third-order valence-electron chi connectivity index (χ3n) is 4.30. The summed E-state index contributed by atoms with van der Waals surface area (Å²) in [6, 6.07) is 0. The highest BCUT2D eigenvalue weighted by molar-refractivity contribution is 9.09. The lowest BCUT2D eigenvalue weighted by Gasteiger charge is -2.09. The highest BCUT2D eigenvalue weighted by atomic mass is 79.9. The summed E-state index contributed by atoms with van der Waals surface area (Å²) in [6.07, 6.45) is 5.53. The minimum absolute atomic E-state index is 0.333. The smallest absolute Gasteiger partial charge is 0.197 e. The molecule has 0 saturated heterocycles. The Morgan fingerprint density at radius 3 is 2.18 bits per heavy atom. The Bertz CT molecular complexity index is 408. The van der Waals surface area contributed by atoms with Gasteiger partial charge in [-0.25, -0.2) is 0 Å². The second kappa shape index (κ2) is 4.23. The predicted octanol–water partition coefficient (Wildman–Crippen LogP) is 3.44. The largest absolute Gasteiger partial charge is 0.494 e. The second-order valence-electron chi connectivity index (χ2n) is 5.23. The first-order valence-corrected chi connectivity index (χ1v) is 7.56. The molecule has 2 atom stereocenters. The number of unbranched alkanes of at least 4 members (excludes halogenated alkanes) is 1. The summed E-state index contributed by atoms with van der Waals surface area (Å²) < 4.78 is 1.71. The van der Waals surface area contributed by atoms with Gasteiger partial charge in [0.25, 0.3) is 0 Å². The van der Waals surface area contributed by atoms with Crippen LogP contribution in [0.3, 0.4) is 0 Å². The van der Waals surface area contributed by atoms with Gasteiger partial charge in [0, 0.05) is 23.0 Å². The number of nitrogens with zero attached hydrogens (tertiary/aromatic N) is 1. The maximum atomic E-state index is 10.2. The molecule has 1 saturated carbocycles. The summed E-state index contributed by atoms with van der Waals surface area (Å²) in [5.41, 5.74) is 2.11. The standard InChI is InChI=1S/C13H18BrNO2/c14-5-1-2-6-15-12(16)10-8-3-4-9(7-8)11(10)13(15)17/h8-9,16-17H,1-7H2/t8-,9+. The van der Waals surface area contributed by atoms with Crippen LogP contribution < -0.4 is 0 Å². The molecule has 2 aliphatic rings. The summed E-state index contributed by atoms with van der Waals surface area (Å²) in [5, 5.41) is 21.5. The number of alkyl halides is 1. The molecule has 0 aromatic carbocycles. The van der Waals surface area contributed by atoms with E-state index in [-0.39, 0.29) is 0 Å². The number of rotatable bonds is 4. The zero-order valence-corrected chi connectivity index (χ0v) is 11.4. The molecular weight excluding hydrogens is 282 g/mol. The van der Waals surface area contributed by atoms with Crippen LogP contribution in [0.2, 0.25) is 0 Å². The molecule has 2 N–H and O–H groups in total. The number of hydrogen-bond donors (Lipinski definition) is 2. The lowest BCUT2D eigenvalue weighted by molar-refractivity contribution is 0.357. The molecule has 3 nitrogen and oxygen atoms in total. The van der Waals surface area contributed by atoms with E-state index in [0.29, 0.717) is 23.6 Å². The number of aromatic nitrogens is 1. The van der Waals surface area contributed by atoms with Crippen molar-refractivity contribution >= 4 is 15.9 Å². The Balaban J connectivity index is 1.91. The zero-order valence-electron chi connectivity index (χ0n) is 9.82. The van der Waals surface area contributed by atoms with E-state index in [1.54, 1.807) is 4.57 Å². The molecule has 0 unspecified atom stereocenters. The normalized spacial score (nSPS) is 25.5. The van der Waals surface area contributed by atoms with Crippen molar-refractivity contribution in [3.63, 3.8) is 0 Å². The Kier molecular flexibility index (Phi) is 2.85. The predicted molar refractivity (Wildman–Crippen MR) is 70.1 cm³/mol. The topological polar surface area (TPSA) is 45.4 Å². The fourth-order valence-electron chi connectivity index (χ4n) is 3.52. The average molecular weight is 300 g/mol. The quantitative estimate of drug-likeness (QED) is 0.661. The van der Waals surface area contributed by atoms with E-state index in [1.165, 1.54) is 12.8 Å². The molecule has 4 heteroatoms. The summed E-state index contributed by atoms with van der Waals surface area (Å²) in [7, 11) is 0. The molecule has 0 spiro atoms. The van der Waals surface area contributed by atoms with Crippen LogP contribution in [0.1, 0.15) is 55.1 Å². The Morgan fingerprint density at radius 1 is 1.06 bits per heavy atom. The Labute approximate surface area is 110 Å². The van der Waals surface area contributed by atoms with Gasteiger partial charge in [-0.1, -0.05) is 15.9 Å². The van der Waals surface area contributed by atoms with Gasteiger partial charge in [0.1, 0.15) is 0 Å². The van der Waals surface area contributed by atoms with E-state index in [1.807, 2.05) is 0 Å². The molecule has 2 aliphatic carbocycles. The van der Waals surface area contributed by atoms with E-state index >= 15 is 0 Å². The molecule has 1 aromatic heterocycles. The molecule has 2 bridgehead atoms. The third-order valence-corrected chi connectivity index (χ3v) is 4.86. The van der Waals surface area contributed by atoms with Crippen molar-refractivity contribution in [2.75, 3.05) is 5.33 Å². The van der Waals surface area contributed by atoms with E-state index in [2.05, 4.69) is 15.9 Å². The van der Waals surface area contributed by atoms with Crippen LogP contribution in [0, 0.1) is 0 Å². The lowest BCUT2D eigenvalue weighted by atomic mass is 9.95. The van der Waals surface area contributed by atoms with Gasteiger partial charge in [-0.15, -0.1) is 0 Å². The zero-order chi connectivity index (χ0) is 12.0. The van der Waals surface area contributed by atoms with Crippen LogP contribution in [0.25, 0.3) is 0 Å². The summed E-state index contributed by atoms with van der Waals surface area (Å²) in [6.45, 7) is 0.718. The molecule has 3 rings (SSSR count). The molecule has 94 valence electrons. The molecule has 1 fully saturated rings. The van der Waals surface area contributed by atoms with Gasteiger partial charge in [-0.3, -0.25) is 4.57 Å². The van der Waals surface area contributed by atoms with Crippen molar-refractivity contribution in [3.8, 4) is 11.8 Å². The highest BCUT2D eigenvalue weighted by Gasteiger charge is 2.43. The van der Waals surface area contributed by atoms with Crippen LogP contribution in [0.5, 0.6) is 11.8 Å². The number of hydrogen-bond acceptors (Lipinski definition) is 2. The van der Waals surface area contributed by atoms with Crippen molar-refractivity contribution in [2.24, 2.45) is 0 Å². The number of fused-ring (bicyclic) bond motifs is 5. The molecule has 0 radical (unpaired) electrons. The molecule has 0 amide bonds. The van der Waals surface area contributed by atoms with Crippen LogP contribution in [0.15, 0.2) is 0 Å². The van der Waals surface area contributed by atoms with E-state index in [0.717, 1.165) is 42.3 Å². The van der Waals surface area contributed by atoms with Crippen molar-refractivity contribution in [1.29, 1.82) is 0 Å². The van der Waals surface area contributed by atoms with Gasteiger partial charge < -0.3 is 10.2 Å². The van der Waals surface area contributed by atoms with Crippen molar-refractivity contribution < 1.29 is 10.2 Å². The highest BCUT2D eigenvalue weighted by Crippen LogP contribution is 2.59. The first-order chi connectivity index (χ1) is 8.24. The van der Waals surface area contributed by atoms with E-state index in [4.69, 9.17) is 0 Å². The molecule has 17 heavy (non-hydrogen) atoms. The van der Waals surface area contributed by atoms with Gasteiger partial charge in [-0.2, -0.15) is 0 Å². The first kappa shape index (κ1) is 11.5. The van der Waals surface area contributed by atoms with Crippen LogP contribution in [0.4, 0.5) is 0 Å². The molecular formula is C13H18BrNO2. The lowest BCUT2D eigenvalue weighted by Crippen LogP contribution is -1.99. The van der Waals surface area contributed by atoms with Gasteiger partial charge in [0.15, 0.2) is 11.8 Å². The van der Waals surface area contributed by atoms with Crippen molar-refractivity contribution in [3.05, 3.63) is 11.1 Å². The molecule has 1 heterocycles. The average Bonchev–Trinajstić information content (AvgIpc) is 2.97. The van der Waals surface area contributed by atoms with Gasteiger partial charge >= 0.3 is 0 Å². The van der Waals surface area contributed by atoms with Crippen LogP contribution >= 0.6 is 15.9 Å². The Morgan fingerprint density at radius 2 is 1.65 bits per heavy atom. The summed E-state index contributed by atoms with van der Waals surface area (Å²) in [4.78, 5) is 0. The maximum Gasteiger partial charge on any atom is 0.197 e. The monoisotopic (exact) mass is 299 g/mol. The van der Waals surface area contributed by atoms with Gasteiger partial charge in [-0.05, 0) is 43.9 Å². The van der Waals surface area contributed by atoms with Crippen LogP contribution in [-0.2, 0) is 6.54 Å². The number of aromatic hydroxyl groups is 2. The molecule has 1 aromatic rings. The Hall–Kier alpha value is -0.640. The molecule has 0 aliphatic heterocycles. The minimum Gasteiger partial charge on any atom is -0.494 e. The summed E-state index contributed by atoms with van der Waals surface area (Å²) >= 11 is 3.40.